The zero-order chi connectivity index (χ0) is 25.4. The third-order valence-electron chi connectivity index (χ3n) is 6.35. The van der Waals surface area contributed by atoms with Crippen LogP contribution >= 0.6 is 0 Å². The molecule has 0 unspecified atom stereocenters. The van der Waals surface area contributed by atoms with E-state index in [0.717, 1.165) is 35.3 Å². The van der Waals surface area contributed by atoms with Crippen molar-refractivity contribution in [2.45, 2.75) is 63.9 Å². The standard InChI is InChI=1S/C27H35NO6S/c1-18(2)22-14-20(21-7-9-25-24(15-21)33-17-35(25,30)31)6-8-23(22)32-16-19-10-12-28(13-11-19)26(29)34-27(3,4)5/h6-9,14-15,18-19H,10-13,16-17H2,1-5H3. The summed E-state index contributed by atoms with van der Waals surface area (Å²) < 4.78 is 41.2. The molecule has 0 aliphatic carbocycles. The van der Waals surface area contributed by atoms with Crippen molar-refractivity contribution in [2.24, 2.45) is 5.92 Å². The zero-order valence-electron chi connectivity index (χ0n) is 21.2. The molecule has 7 nitrogen and oxygen atoms in total. The maximum absolute atomic E-state index is 12.3. The molecule has 0 saturated carbocycles. The number of amides is 1. The Morgan fingerprint density at radius 3 is 2.40 bits per heavy atom. The predicted molar refractivity (Wildman–Crippen MR) is 135 cm³/mol. The third kappa shape index (κ3) is 5.92. The van der Waals surface area contributed by atoms with E-state index >= 15 is 0 Å². The van der Waals surface area contributed by atoms with Crippen LogP contribution in [-0.2, 0) is 14.6 Å². The van der Waals surface area contributed by atoms with Crippen LogP contribution in [0.3, 0.4) is 0 Å². The highest BCUT2D eigenvalue weighted by molar-refractivity contribution is 7.91. The Hall–Kier alpha value is -2.74. The van der Waals surface area contributed by atoms with Crippen LogP contribution in [0.4, 0.5) is 4.79 Å². The summed E-state index contributed by atoms with van der Waals surface area (Å²) in [4.78, 5) is 14.3. The van der Waals surface area contributed by atoms with Gasteiger partial charge in [-0.3, -0.25) is 0 Å². The Labute approximate surface area is 208 Å². The number of likely N-dealkylation sites (tertiary alicyclic amines) is 1. The minimum atomic E-state index is -3.34. The highest BCUT2D eigenvalue weighted by Gasteiger charge is 2.29. The quantitative estimate of drug-likeness (QED) is 0.528. The fraction of sp³-hybridized carbons (Fsp3) is 0.519. The second-order valence-electron chi connectivity index (χ2n) is 10.7. The number of piperidine rings is 1. The summed E-state index contributed by atoms with van der Waals surface area (Å²) in [7, 11) is -3.34. The maximum atomic E-state index is 12.3. The molecule has 1 amide bonds. The van der Waals surface area contributed by atoms with Gasteiger partial charge in [-0.2, -0.15) is 0 Å². The Balaban J connectivity index is 1.40. The minimum Gasteiger partial charge on any atom is -0.493 e. The van der Waals surface area contributed by atoms with E-state index in [0.29, 0.717) is 31.4 Å². The smallest absolute Gasteiger partial charge is 0.410 e. The molecule has 4 rings (SSSR count). The number of nitrogens with zero attached hydrogens (tertiary/aromatic N) is 1. The Kier molecular flexibility index (Phi) is 7.04. The summed E-state index contributed by atoms with van der Waals surface area (Å²) >= 11 is 0. The molecule has 0 radical (unpaired) electrons. The van der Waals surface area contributed by atoms with Crippen molar-refractivity contribution in [3.63, 3.8) is 0 Å². The minimum absolute atomic E-state index is 0.246. The lowest BCUT2D eigenvalue weighted by atomic mass is 9.95. The van der Waals surface area contributed by atoms with Gasteiger partial charge in [-0.05, 0) is 86.4 Å². The van der Waals surface area contributed by atoms with Crippen molar-refractivity contribution in [1.82, 2.24) is 4.90 Å². The molecule has 2 aromatic carbocycles. The Bertz CT molecular complexity index is 1190. The fourth-order valence-corrected chi connectivity index (χ4v) is 5.50. The average Bonchev–Trinajstić information content (AvgIpc) is 3.10. The van der Waals surface area contributed by atoms with Gasteiger partial charge in [0.25, 0.3) is 0 Å². The zero-order valence-corrected chi connectivity index (χ0v) is 22.0. The highest BCUT2D eigenvalue weighted by Crippen LogP contribution is 2.37. The lowest BCUT2D eigenvalue weighted by Crippen LogP contribution is -2.42. The molecule has 2 heterocycles. The van der Waals surface area contributed by atoms with Crippen LogP contribution in [0.25, 0.3) is 11.1 Å². The van der Waals surface area contributed by atoms with Crippen LogP contribution in [-0.4, -0.2) is 50.6 Å². The van der Waals surface area contributed by atoms with E-state index in [9.17, 15) is 13.2 Å². The molecule has 35 heavy (non-hydrogen) atoms. The van der Waals surface area contributed by atoms with Gasteiger partial charge in [-0.25, -0.2) is 13.2 Å². The second-order valence-corrected chi connectivity index (χ2v) is 12.6. The molecule has 2 aliphatic rings. The number of carbonyl (C=O) groups is 1. The van der Waals surface area contributed by atoms with Gasteiger partial charge in [0, 0.05) is 13.1 Å². The normalized spacial score (nSPS) is 17.7. The summed E-state index contributed by atoms with van der Waals surface area (Å²) in [6.45, 7) is 11.9. The van der Waals surface area contributed by atoms with E-state index in [1.54, 1.807) is 17.0 Å². The number of benzene rings is 2. The van der Waals surface area contributed by atoms with Crippen LogP contribution in [0.15, 0.2) is 41.3 Å². The number of sulfone groups is 1. The number of rotatable bonds is 5. The van der Waals surface area contributed by atoms with Crippen molar-refractivity contribution in [3.05, 3.63) is 42.0 Å². The predicted octanol–water partition coefficient (Wildman–Crippen LogP) is 5.63. The number of ether oxygens (including phenoxy) is 3. The maximum Gasteiger partial charge on any atom is 0.410 e. The summed E-state index contributed by atoms with van der Waals surface area (Å²) in [5, 5.41) is 0. The van der Waals surface area contributed by atoms with E-state index < -0.39 is 15.4 Å². The molecule has 0 bridgehead atoms. The lowest BCUT2D eigenvalue weighted by Gasteiger charge is -2.33. The molecule has 0 atom stereocenters. The summed E-state index contributed by atoms with van der Waals surface area (Å²) in [5.74, 6) is 1.60. The van der Waals surface area contributed by atoms with Gasteiger partial charge in [0.15, 0.2) is 5.94 Å². The number of hydrogen-bond acceptors (Lipinski definition) is 6. The monoisotopic (exact) mass is 501 g/mol. The SMILES string of the molecule is CC(C)c1cc(-c2ccc3c(c2)OCS3(=O)=O)ccc1OCC1CCN(C(=O)OC(C)(C)C)CC1. The Morgan fingerprint density at radius 1 is 1.09 bits per heavy atom. The van der Waals surface area contributed by atoms with Crippen LogP contribution < -0.4 is 9.47 Å². The van der Waals surface area contributed by atoms with Gasteiger partial charge in [-0.1, -0.05) is 26.0 Å². The molecule has 0 spiro atoms. The van der Waals surface area contributed by atoms with Gasteiger partial charge in [0.2, 0.25) is 9.84 Å². The van der Waals surface area contributed by atoms with Crippen LogP contribution in [0.2, 0.25) is 0 Å². The largest absolute Gasteiger partial charge is 0.493 e. The molecule has 1 fully saturated rings. The first-order valence-electron chi connectivity index (χ1n) is 12.2. The van der Waals surface area contributed by atoms with E-state index in [-0.39, 0.29) is 22.8 Å². The molecule has 1 saturated heterocycles. The molecule has 0 aromatic heterocycles. The van der Waals surface area contributed by atoms with Crippen molar-refractivity contribution < 1.29 is 27.4 Å². The van der Waals surface area contributed by atoms with Crippen molar-refractivity contribution in [3.8, 4) is 22.6 Å². The first kappa shape index (κ1) is 25.4. The molecule has 2 aromatic rings. The van der Waals surface area contributed by atoms with E-state index in [4.69, 9.17) is 14.2 Å². The summed E-state index contributed by atoms with van der Waals surface area (Å²) in [6, 6.07) is 11.3. The van der Waals surface area contributed by atoms with Crippen molar-refractivity contribution >= 4 is 15.9 Å². The third-order valence-corrected chi connectivity index (χ3v) is 7.79. The van der Waals surface area contributed by atoms with Gasteiger partial charge in [0.05, 0.1) is 6.61 Å². The molecule has 190 valence electrons. The van der Waals surface area contributed by atoms with Crippen molar-refractivity contribution in [2.75, 3.05) is 25.6 Å². The van der Waals surface area contributed by atoms with E-state index in [2.05, 4.69) is 19.9 Å². The highest BCUT2D eigenvalue weighted by atomic mass is 32.2. The summed E-state index contributed by atoms with van der Waals surface area (Å²) in [6.07, 6.45) is 1.52. The van der Waals surface area contributed by atoms with Gasteiger partial charge >= 0.3 is 6.09 Å². The fourth-order valence-electron chi connectivity index (χ4n) is 4.39. The molecule has 0 N–H and O–H groups in total. The molecule has 8 heteroatoms. The Morgan fingerprint density at radius 2 is 1.74 bits per heavy atom. The number of carbonyl (C=O) groups excluding carboxylic acids is 1. The topological polar surface area (TPSA) is 82.1 Å². The average molecular weight is 502 g/mol. The lowest BCUT2D eigenvalue weighted by molar-refractivity contribution is 0.0164. The first-order valence-corrected chi connectivity index (χ1v) is 13.8. The van der Waals surface area contributed by atoms with Gasteiger partial charge in [0.1, 0.15) is 22.0 Å². The first-order chi connectivity index (χ1) is 16.4. The van der Waals surface area contributed by atoms with Crippen LogP contribution in [0.1, 0.15) is 58.9 Å². The van der Waals surface area contributed by atoms with Crippen molar-refractivity contribution in [1.29, 1.82) is 0 Å². The molecular weight excluding hydrogens is 466 g/mol. The van der Waals surface area contributed by atoms with Gasteiger partial charge in [-0.15, -0.1) is 0 Å². The number of fused-ring (bicyclic) bond motifs is 1. The molecule has 2 aliphatic heterocycles. The van der Waals surface area contributed by atoms with Crippen LogP contribution in [0.5, 0.6) is 11.5 Å². The van der Waals surface area contributed by atoms with E-state index in [1.165, 1.54) is 0 Å². The molecular formula is C27H35NO6S. The van der Waals surface area contributed by atoms with Crippen LogP contribution in [0, 0.1) is 5.92 Å². The second kappa shape index (κ2) is 9.72. The van der Waals surface area contributed by atoms with Gasteiger partial charge < -0.3 is 19.1 Å². The van der Waals surface area contributed by atoms with E-state index in [1.807, 2.05) is 39.0 Å². The number of hydrogen-bond donors (Lipinski definition) is 0. The summed E-state index contributed by atoms with van der Waals surface area (Å²) in [5.41, 5.74) is 2.51.